The van der Waals surface area contributed by atoms with E-state index in [2.05, 4.69) is 31.2 Å². The second kappa shape index (κ2) is 7.70. The molecule has 3 rings (SSSR count). The Morgan fingerprint density at radius 3 is 2.73 bits per heavy atom. The summed E-state index contributed by atoms with van der Waals surface area (Å²) in [5.74, 6) is -0.462. The third kappa shape index (κ3) is 4.29. The molecule has 26 heavy (non-hydrogen) atoms. The summed E-state index contributed by atoms with van der Waals surface area (Å²) < 4.78 is 7.42. The Hall–Kier alpha value is -2.66. The van der Waals surface area contributed by atoms with E-state index in [0.717, 1.165) is 5.56 Å². The molecule has 0 fully saturated rings. The first-order valence-corrected chi connectivity index (χ1v) is 8.95. The zero-order valence-corrected chi connectivity index (χ0v) is 15.9. The van der Waals surface area contributed by atoms with Crippen molar-refractivity contribution in [3.8, 4) is 0 Å². The number of aromatic nitrogens is 4. The molecular formula is C15H12BrN5O4S. The van der Waals surface area contributed by atoms with E-state index in [9.17, 15) is 14.9 Å². The molecule has 0 spiro atoms. The molecule has 0 amide bonds. The molecule has 0 atom stereocenters. The molecule has 3 aromatic rings. The normalized spacial score (nSPS) is 10.7. The Balaban J connectivity index is 1.58. The lowest BCUT2D eigenvalue weighted by molar-refractivity contribution is -0.384. The largest absolute Gasteiger partial charge is 0.455 e. The number of nitro benzene ring substituents is 1. The van der Waals surface area contributed by atoms with Crippen LogP contribution in [0.15, 0.2) is 34.4 Å². The Labute approximate surface area is 159 Å². The van der Waals surface area contributed by atoms with Gasteiger partial charge in [-0.1, -0.05) is 28.7 Å². The van der Waals surface area contributed by atoms with Gasteiger partial charge in [-0.15, -0.1) is 5.10 Å². The van der Waals surface area contributed by atoms with Gasteiger partial charge in [0.05, 0.1) is 23.4 Å². The van der Waals surface area contributed by atoms with Gasteiger partial charge < -0.3 is 4.74 Å². The smallest absolute Gasteiger partial charge is 0.350 e. The number of thiazole rings is 1. The highest BCUT2D eigenvalue weighted by Crippen LogP contribution is 2.23. The summed E-state index contributed by atoms with van der Waals surface area (Å²) >= 11 is 4.44. The molecule has 2 aromatic heterocycles. The summed E-state index contributed by atoms with van der Waals surface area (Å²) in [4.78, 5) is 26.8. The fourth-order valence-corrected chi connectivity index (χ4v) is 3.59. The summed E-state index contributed by atoms with van der Waals surface area (Å²) in [6.07, 6.45) is 1.66. The van der Waals surface area contributed by atoms with Gasteiger partial charge in [-0.05, 0) is 28.4 Å². The first-order chi connectivity index (χ1) is 12.4. The first-order valence-electron chi connectivity index (χ1n) is 7.35. The van der Waals surface area contributed by atoms with Crippen molar-refractivity contribution < 1.29 is 14.5 Å². The number of carbonyl (C=O) groups excluding carboxylic acids is 1. The molecule has 11 heteroatoms. The zero-order valence-electron chi connectivity index (χ0n) is 13.5. The maximum Gasteiger partial charge on any atom is 0.350 e. The number of aryl methyl sites for hydroxylation is 1. The number of nitrogens with zero attached hydrogens (tertiary/aromatic N) is 5. The molecule has 0 aliphatic rings. The van der Waals surface area contributed by atoms with Gasteiger partial charge in [0, 0.05) is 12.1 Å². The number of hydrogen-bond donors (Lipinski definition) is 0. The maximum absolute atomic E-state index is 12.1. The summed E-state index contributed by atoms with van der Waals surface area (Å²) in [5, 5.41) is 18.6. The van der Waals surface area contributed by atoms with Crippen molar-refractivity contribution >= 4 is 38.9 Å². The first kappa shape index (κ1) is 18.1. The Bertz CT molecular complexity index is 953. The summed E-state index contributed by atoms with van der Waals surface area (Å²) in [7, 11) is 0. The van der Waals surface area contributed by atoms with Crippen LogP contribution < -0.4 is 0 Å². The van der Waals surface area contributed by atoms with Crippen LogP contribution in [-0.4, -0.2) is 30.9 Å². The highest BCUT2D eigenvalue weighted by molar-refractivity contribution is 9.11. The lowest BCUT2D eigenvalue weighted by atomic mass is 10.2. The third-order valence-corrected chi connectivity index (χ3v) is 4.97. The predicted octanol–water partition coefficient (Wildman–Crippen LogP) is 3.12. The van der Waals surface area contributed by atoms with Crippen molar-refractivity contribution in [2.75, 3.05) is 0 Å². The Morgan fingerprint density at radius 2 is 2.12 bits per heavy atom. The second-order valence-corrected chi connectivity index (χ2v) is 7.56. The van der Waals surface area contributed by atoms with Gasteiger partial charge in [-0.2, -0.15) is 0 Å². The maximum atomic E-state index is 12.1. The molecule has 1 aromatic carbocycles. The zero-order chi connectivity index (χ0) is 18.7. The Morgan fingerprint density at radius 1 is 1.38 bits per heavy atom. The van der Waals surface area contributed by atoms with Crippen LogP contribution in [0.1, 0.15) is 26.6 Å². The second-order valence-electron chi connectivity index (χ2n) is 5.29. The molecule has 0 N–H and O–H groups in total. The number of non-ortho nitro benzene ring substituents is 1. The van der Waals surface area contributed by atoms with Crippen LogP contribution in [0.25, 0.3) is 0 Å². The minimum Gasteiger partial charge on any atom is -0.455 e. The van der Waals surface area contributed by atoms with Crippen molar-refractivity contribution in [2.45, 2.75) is 20.1 Å². The SMILES string of the molecule is Cc1nc(Br)sc1C(=O)OCc1cn(Cc2ccc([N+](=O)[O-])cc2)nn1. The van der Waals surface area contributed by atoms with Crippen molar-refractivity contribution in [1.29, 1.82) is 0 Å². The van der Waals surface area contributed by atoms with Crippen LogP contribution in [0.3, 0.4) is 0 Å². The highest BCUT2D eigenvalue weighted by atomic mass is 79.9. The van der Waals surface area contributed by atoms with Gasteiger partial charge in [0.1, 0.15) is 17.2 Å². The number of benzene rings is 1. The fourth-order valence-electron chi connectivity index (χ4n) is 2.15. The van der Waals surface area contributed by atoms with Crippen LogP contribution in [0, 0.1) is 17.0 Å². The molecule has 0 saturated heterocycles. The van der Waals surface area contributed by atoms with Gasteiger partial charge in [-0.3, -0.25) is 10.1 Å². The van der Waals surface area contributed by atoms with E-state index in [1.807, 2.05) is 0 Å². The molecule has 0 bridgehead atoms. The molecule has 0 saturated carbocycles. The van der Waals surface area contributed by atoms with Crippen molar-refractivity contribution in [1.82, 2.24) is 20.0 Å². The van der Waals surface area contributed by atoms with Gasteiger partial charge in [0.15, 0.2) is 3.92 Å². The van der Waals surface area contributed by atoms with Gasteiger partial charge >= 0.3 is 5.97 Å². The van der Waals surface area contributed by atoms with E-state index in [0.29, 0.717) is 26.7 Å². The minimum atomic E-state index is -0.462. The quantitative estimate of drug-likeness (QED) is 0.330. The van der Waals surface area contributed by atoms with Gasteiger partial charge in [0.25, 0.3) is 5.69 Å². The number of rotatable bonds is 6. The van der Waals surface area contributed by atoms with Gasteiger partial charge in [-0.25, -0.2) is 14.5 Å². The number of nitro groups is 1. The Kier molecular flexibility index (Phi) is 5.38. The van der Waals surface area contributed by atoms with Crippen LogP contribution in [0.5, 0.6) is 0 Å². The lowest BCUT2D eigenvalue weighted by Crippen LogP contribution is -2.05. The molecule has 134 valence electrons. The topological polar surface area (TPSA) is 113 Å². The van der Waals surface area contributed by atoms with Crippen LogP contribution >= 0.6 is 27.3 Å². The standard InChI is InChI=1S/C15H12BrN5O4S/c1-9-13(26-15(16)17-9)14(22)25-8-11-7-20(19-18-11)6-10-2-4-12(5-3-10)21(23)24/h2-5,7H,6,8H2,1H3. The average molecular weight is 438 g/mol. The molecular weight excluding hydrogens is 426 g/mol. The minimum absolute atomic E-state index is 0.00590. The molecule has 0 unspecified atom stereocenters. The average Bonchev–Trinajstić information content (AvgIpc) is 3.19. The van der Waals surface area contributed by atoms with Crippen LogP contribution in [-0.2, 0) is 17.9 Å². The van der Waals surface area contributed by atoms with Crippen molar-refractivity contribution in [2.24, 2.45) is 0 Å². The molecule has 0 aliphatic carbocycles. The van der Waals surface area contributed by atoms with E-state index in [-0.39, 0.29) is 12.3 Å². The molecule has 9 nitrogen and oxygen atoms in total. The molecule has 0 aliphatic heterocycles. The van der Waals surface area contributed by atoms with Crippen LogP contribution in [0.2, 0.25) is 0 Å². The van der Waals surface area contributed by atoms with Crippen molar-refractivity contribution in [3.63, 3.8) is 0 Å². The lowest BCUT2D eigenvalue weighted by Gasteiger charge is -2.01. The summed E-state index contributed by atoms with van der Waals surface area (Å²) in [6.45, 7) is 2.13. The van der Waals surface area contributed by atoms with Gasteiger partial charge in [0.2, 0.25) is 0 Å². The van der Waals surface area contributed by atoms with E-state index in [4.69, 9.17) is 4.74 Å². The fraction of sp³-hybridized carbons (Fsp3) is 0.200. The summed E-state index contributed by atoms with van der Waals surface area (Å²) in [6, 6.07) is 6.18. The van der Waals surface area contributed by atoms with E-state index in [1.165, 1.54) is 23.5 Å². The van der Waals surface area contributed by atoms with E-state index < -0.39 is 10.9 Å². The van der Waals surface area contributed by atoms with Crippen molar-refractivity contribution in [3.05, 3.63) is 66.3 Å². The predicted molar refractivity (Wildman–Crippen MR) is 95.9 cm³/mol. The third-order valence-electron chi connectivity index (χ3n) is 3.38. The number of ether oxygens (including phenoxy) is 1. The number of carbonyl (C=O) groups is 1. The number of hydrogen-bond acceptors (Lipinski definition) is 8. The van der Waals surface area contributed by atoms with E-state index in [1.54, 1.807) is 29.9 Å². The monoisotopic (exact) mass is 437 g/mol. The van der Waals surface area contributed by atoms with E-state index >= 15 is 0 Å². The number of esters is 1. The highest BCUT2D eigenvalue weighted by Gasteiger charge is 2.16. The summed E-state index contributed by atoms with van der Waals surface area (Å²) in [5.41, 5.74) is 1.98. The number of halogens is 1. The van der Waals surface area contributed by atoms with Crippen LogP contribution in [0.4, 0.5) is 5.69 Å². The molecule has 2 heterocycles. The molecule has 0 radical (unpaired) electrons.